The smallest absolute Gasteiger partial charge is 0.236 e. The Hall–Kier alpha value is -2.16. The maximum Gasteiger partial charge on any atom is 0.236 e. The molecule has 134 valence electrons. The summed E-state index contributed by atoms with van der Waals surface area (Å²) in [4.78, 5) is 12.9. The van der Waals surface area contributed by atoms with Crippen LogP contribution in [-0.4, -0.2) is 5.91 Å². The van der Waals surface area contributed by atoms with Crippen LogP contribution >= 0.6 is 0 Å². The van der Waals surface area contributed by atoms with Crippen molar-refractivity contribution in [1.82, 2.24) is 0 Å². The number of rotatable bonds is 2. The molecule has 0 saturated heterocycles. The predicted molar refractivity (Wildman–Crippen MR) is 102 cm³/mol. The predicted octanol–water partition coefficient (Wildman–Crippen LogP) is 5.59. The quantitative estimate of drug-likeness (QED) is 0.757. The van der Waals surface area contributed by atoms with Crippen molar-refractivity contribution in [3.8, 4) is 0 Å². The highest BCUT2D eigenvalue weighted by atomic mass is 19.1. The van der Waals surface area contributed by atoms with Crippen LogP contribution in [0.4, 0.5) is 10.1 Å². The number of anilines is 1. The van der Waals surface area contributed by atoms with Crippen LogP contribution in [0.3, 0.4) is 0 Å². The summed E-state index contributed by atoms with van der Waals surface area (Å²) in [6.07, 6.45) is 0.739. The standard InChI is InChI=1S/C20H20FNO.C2H6.H2/c1-12(2)19(14-6-4-13(3)5-7-14)11-20(19)16-10-15(21)8-9-17(16)22-18(20)23;1-2;/h4-10,12H,11H2,1-3H3,(H,22,23);1-2H3;1H/t19-,20-;;/m0../s1. The van der Waals surface area contributed by atoms with Crippen LogP contribution in [0.15, 0.2) is 42.5 Å². The SMILES string of the molecule is CC.Cc1ccc([C@@]2(C(C)C)C[C@]23C(=O)Nc2ccc(F)cc23)cc1.[HH]. The summed E-state index contributed by atoms with van der Waals surface area (Å²) in [5, 5.41) is 2.96. The molecule has 1 N–H and O–H groups in total. The first-order valence-corrected chi connectivity index (χ1v) is 9.10. The van der Waals surface area contributed by atoms with Gasteiger partial charge >= 0.3 is 0 Å². The average Bonchev–Trinajstić information content (AvgIpc) is 3.24. The second-order valence-corrected chi connectivity index (χ2v) is 7.22. The van der Waals surface area contributed by atoms with Gasteiger partial charge in [0, 0.05) is 12.5 Å². The molecule has 0 unspecified atom stereocenters. The summed E-state index contributed by atoms with van der Waals surface area (Å²) in [7, 11) is 0. The second kappa shape index (κ2) is 5.98. The number of carbonyl (C=O) groups is 1. The van der Waals surface area contributed by atoms with Crippen LogP contribution in [0.25, 0.3) is 0 Å². The van der Waals surface area contributed by atoms with Crippen LogP contribution in [-0.2, 0) is 15.6 Å². The van der Waals surface area contributed by atoms with Crippen molar-refractivity contribution in [1.29, 1.82) is 0 Å². The third-order valence-corrected chi connectivity index (χ3v) is 5.81. The van der Waals surface area contributed by atoms with Crippen LogP contribution in [0.1, 0.15) is 52.2 Å². The highest BCUT2D eigenvalue weighted by Gasteiger charge is 2.76. The molecule has 0 aromatic heterocycles. The monoisotopic (exact) mass is 341 g/mol. The molecule has 3 heteroatoms. The molecule has 1 heterocycles. The third-order valence-electron chi connectivity index (χ3n) is 5.81. The molecule has 2 aromatic rings. The number of hydrogen-bond donors (Lipinski definition) is 1. The Bertz CT molecular complexity index is 817. The van der Waals surface area contributed by atoms with Crippen molar-refractivity contribution in [3.63, 3.8) is 0 Å². The molecule has 1 spiro atoms. The van der Waals surface area contributed by atoms with Crippen molar-refractivity contribution >= 4 is 11.6 Å². The van der Waals surface area contributed by atoms with E-state index < -0.39 is 5.41 Å². The van der Waals surface area contributed by atoms with Gasteiger partial charge in [-0.25, -0.2) is 4.39 Å². The molecule has 2 aliphatic rings. The van der Waals surface area contributed by atoms with Gasteiger partial charge in [-0.15, -0.1) is 0 Å². The van der Waals surface area contributed by atoms with E-state index in [-0.39, 0.29) is 24.5 Å². The Morgan fingerprint density at radius 2 is 1.76 bits per heavy atom. The fourth-order valence-electron chi connectivity index (χ4n) is 4.55. The van der Waals surface area contributed by atoms with Crippen molar-refractivity contribution < 1.29 is 10.6 Å². The van der Waals surface area contributed by atoms with Crippen LogP contribution in [0.2, 0.25) is 0 Å². The summed E-state index contributed by atoms with van der Waals surface area (Å²) in [5.41, 5.74) is 3.05. The molecule has 1 amide bonds. The molecule has 4 rings (SSSR count). The number of carbonyl (C=O) groups excluding carboxylic acids is 1. The van der Waals surface area contributed by atoms with E-state index in [0.717, 1.165) is 17.7 Å². The molecule has 2 nitrogen and oxygen atoms in total. The molecular formula is C22H28FNO. The Kier molecular flexibility index (Phi) is 4.22. The maximum atomic E-state index is 13.8. The topological polar surface area (TPSA) is 29.1 Å². The van der Waals surface area contributed by atoms with Crippen molar-refractivity contribution in [2.75, 3.05) is 5.32 Å². The zero-order valence-electron chi connectivity index (χ0n) is 15.6. The van der Waals surface area contributed by atoms with Crippen molar-refractivity contribution in [2.45, 2.75) is 51.9 Å². The van der Waals surface area contributed by atoms with Crippen LogP contribution < -0.4 is 5.32 Å². The maximum absolute atomic E-state index is 13.8. The summed E-state index contributed by atoms with van der Waals surface area (Å²) < 4.78 is 13.8. The lowest BCUT2D eigenvalue weighted by atomic mass is 9.75. The van der Waals surface area contributed by atoms with E-state index in [4.69, 9.17) is 0 Å². The van der Waals surface area contributed by atoms with E-state index in [1.54, 1.807) is 6.07 Å². The highest BCUT2D eigenvalue weighted by molar-refractivity contribution is 6.10. The Balaban J connectivity index is 0.000000784. The Labute approximate surface area is 150 Å². The van der Waals surface area contributed by atoms with E-state index in [2.05, 4.69) is 50.4 Å². The lowest BCUT2D eigenvalue weighted by molar-refractivity contribution is -0.118. The fourth-order valence-corrected chi connectivity index (χ4v) is 4.55. The highest BCUT2D eigenvalue weighted by Crippen LogP contribution is 2.72. The van der Waals surface area contributed by atoms with Gasteiger partial charge in [0.15, 0.2) is 0 Å². The van der Waals surface area contributed by atoms with Gasteiger partial charge in [0.2, 0.25) is 5.91 Å². The van der Waals surface area contributed by atoms with Gasteiger partial charge < -0.3 is 5.32 Å². The number of amides is 1. The molecule has 25 heavy (non-hydrogen) atoms. The molecule has 2 aromatic carbocycles. The molecule has 2 atom stereocenters. The molecule has 1 fully saturated rings. The van der Waals surface area contributed by atoms with Gasteiger partial charge in [-0.05, 0) is 48.6 Å². The zero-order valence-corrected chi connectivity index (χ0v) is 15.6. The van der Waals surface area contributed by atoms with E-state index in [9.17, 15) is 9.18 Å². The van der Waals surface area contributed by atoms with Crippen molar-refractivity contribution in [2.24, 2.45) is 5.92 Å². The molecule has 1 aliphatic carbocycles. The Morgan fingerprint density at radius 3 is 2.36 bits per heavy atom. The van der Waals surface area contributed by atoms with Gasteiger partial charge in [-0.2, -0.15) is 0 Å². The van der Waals surface area contributed by atoms with E-state index in [1.807, 2.05) is 13.8 Å². The summed E-state index contributed by atoms with van der Waals surface area (Å²) in [6, 6.07) is 13.0. The van der Waals surface area contributed by atoms with Crippen molar-refractivity contribution in [3.05, 3.63) is 65.0 Å². The number of hydrogen-bond acceptors (Lipinski definition) is 1. The molecule has 1 aliphatic heterocycles. The number of benzene rings is 2. The first-order chi connectivity index (χ1) is 11.9. The minimum atomic E-state index is -0.631. The Morgan fingerprint density at radius 1 is 1.12 bits per heavy atom. The first-order valence-electron chi connectivity index (χ1n) is 9.10. The summed E-state index contributed by atoms with van der Waals surface area (Å²) >= 11 is 0. The average molecular weight is 341 g/mol. The van der Waals surface area contributed by atoms with Gasteiger partial charge in [0.25, 0.3) is 0 Å². The molecule has 1 saturated carbocycles. The molecule has 0 radical (unpaired) electrons. The normalized spacial score (nSPS) is 26.1. The number of aryl methyl sites for hydroxylation is 1. The number of halogens is 1. The minimum absolute atomic E-state index is 0. The van der Waals surface area contributed by atoms with E-state index >= 15 is 0 Å². The lowest BCUT2D eigenvalue weighted by Gasteiger charge is -2.26. The van der Waals surface area contributed by atoms with E-state index in [0.29, 0.717) is 0 Å². The largest absolute Gasteiger partial charge is 0.325 e. The van der Waals surface area contributed by atoms with Gasteiger partial charge in [-0.3, -0.25) is 4.79 Å². The number of fused-ring (bicyclic) bond motifs is 2. The second-order valence-electron chi connectivity index (χ2n) is 7.22. The lowest BCUT2D eigenvalue weighted by Crippen LogP contribution is -2.33. The van der Waals surface area contributed by atoms with E-state index in [1.165, 1.54) is 23.3 Å². The zero-order chi connectivity index (χ0) is 18.4. The minimum Gasteiger partial charge on any atom is -0.325 e. The summed E-state index contributed by atoms with van der Waals surface area (Å²) in [6.45, 7) is 10.4. The number of nitrogens with one attached hydrogen (secondary N) is 1. The fraction of sp³-hybridized carbons (Fsp3) is 0.409. The molecule has 0 bridgehead atoms. The molecular weight excluding hydrogens is 313 g/mol. The summed E-state index contributed by atoms with van der Waals surface area (Å²) in [5.74, 6) is 0.00522. The van der Waals surface area contributed by atoms with Gasteiger partial charge in [0.1, 0.15) is 5.82 Å². The van der Waals surface area contributed by atoms with Crippen LogP contribution in [0, 0.1) is 18.7 Å². The first kappa shape index (κ1) is 17.7. The van der Waals surface area contributed by atoms with Gasteiger partial charge in [0.05, 0.1) is 5.41 Å². The van der Waals surface area contributed by atoms with Crippen LogP contribution in [0.5, 0.6) is 0 Å². The third kappa shape index (κ3) is 2.25. The van der Waals surface area contributed by atoms with Gasteiger partial charge in [-0.1, -0.05) is 57.5 Å².